The number of hydrogen-bond acceptors (Lipinski definition) is 1. The summed E-state index contributed by atoms with van der Waals surface area (Å²) >= 11 is 6.72. The Morgan fingerprint density at radius 3 is 2.21 bits per heavy atom. The molecule has 0 fully saturated rings. The molecule has 1 rings (SSSR count). The van der Waals surface area contributed by atoms with Gasteiger partial charge in [0.25, 0.3) is 0 Å². The van der Waals surface area contributed by atoms with Gasteiger partial charge in [0.15, 0.2) is 0 Å². The number of amides is 2. The van der Waals surface area contributed by atoms with Crippen molar-refractivity contribution in [2.75, 3.05) is 19.4 Å². The Kier molecular flexibility index (Phi) is 3.95. The van der Waals surface area contributed by atoms with E-state index in [1.54, 1.807) is 14.1 Å². The molecule has 14 heavy (non-hydrogen) atoms. The molecule has 0 aliphatic heterocycles. The summed E-state index contributed by atoms with van der Waals surface area (Å²) in [6.45, 7) is 0. The quantitative estimate of drug-likeness (QED) is 0.845. The average Bonchev–Trinajstić information content (AvgIpc) is 2.11. The Morgan fingerprint density at radius 2 is 1.79 bits per heavy atom. The smallest absolute Gasteiger partial charge is 0.321 e. The molecular weight excluding hydrogens is 312 g/mol. The predicted molar refractivity (Wildman–Crippen MR) is 64.5 cm³/mol. The highest BCUT2D eigenvalue weighted by atomic mass is 79.9. The van der Waals surface area contributed by atoms with Gasteiger partial charge in [0, 0.05) is 23.0 Å². The molecule has 0 spiro atoms. The van der Waals surface area contributed by atoms with E-state index >= 15 is 0 Å². The second-order valence-electron chi connectivity index (χ2n) is 2.92. The minimum atomic E-state index is -0.155. The Morgan fingerprint density at radius 1 is 1.29 bits per heavy atom. The van der Waals surface area contributed by atoms with E-state index in [0.29, 0.717) is 0 Å². The van der Waals surface area contributed by atoms with Gasteiger partial charge in [-0.05, 0) is 44.0 Å². The van der Waals surface area contributed by atoms with Crippen LogP contribution in [-0.2, 0) is 0 Å². The number of halogens is 2. The molecule has 0 aliphatic rings. The highest BCUT2D eigenvalue weighted by Crippen LogP contribution is 2.30. The molecule has 0 saturated carbocycles. The molecule has 1 aromatic carbocycles. The Bertz CT molecular complexity index is 332. The third-order valence-corrected chi connectivity index (χ3v) is 2.92. The van der Waals surface area contributed by atoms with Gasteiger partial charge < -0.3 is 10.2 Å². The lowest BCUT2D eigenvalue weighted by Crippen LogP contribution is -2.27. The minimum absolute atomic E-state index is 0.155. The number of nitrogens with one attached hydrogen (secondary N) is 1. The summed E-state index contributed by atoms with van der Waals surface area (Å²) in [6, 6.07) is 5.48. The van der Waals surface area contributed by atoms with Gasteiger partial charge in [-0.3, -0.25) is 0 Å². The molecule has 0 bridgehead atoms. The number of carbonyl (C=O) groups excluding carboxylic acids is 1. The van der Waals surface area contributed by atoms with E-state index in [4.69, 9.17) is 0 Å². The van der Waals surface area contributed by atoms with Crippen molar-refractivity contribution < 1.29 is 4.79 Å². The van der Waals surface area contributed by atoms with Crippen molar-refractivity contribution in [1.29, 1.82) is 0 Å². The number of nitrogens with zero attached hydrogens (tertiary/aromatic N) is 1. The van der Waals surface area contributed by atoms with Crippen LogP contribution in [0.5, 0.6) is 0 Å². The molecule has 1 N–H and O–H groups in total. The van der Waals surface area contributed by atoms with Gasteiger partial charge in [-0.2, -0.15) is 0 Å². The van der Waals surface area contributed by atoms with E-state index in [9.17, 15) is 4.79 Å². The van der Waals surface area contributed by atoms with Gasteiger partial charge in [-0.15, -0.1) is 0 Å². The maximum Gasteiger partial charge on any atom is 0.321 e. The molecule has 0 aromatic heterocycles. The van der Waals surface area contributed by atoms with Crippen molar-refractivity contribution in [2.24, 2.45) is 0 Å². The fraction of sp³-hybridized carbons (Fsp3) is 0.222. The second kappa shape index (κ2) is 4.79. The van der Waals surface area contributed by atoms with Gasteiger partial charge in [0.05, 0.1) is 5.69 Å². The molecule has 0 atom stereocenters. The van der Waals surface area contributed by atoms with Crippen LogP contribution in [0, 0.1) is 0 Å². The van der Waals surface area contributed by atoms with Gasteiger partial charge in [-0.25, -0.2) is 4.79 Å². The topological polar surface area (TPSA) is 32.3 Å². The molecule has 0 heterocycles. The number of carbonyl (C=O) groups is 1. The number of benzene rings is 1. The molecule has 2 amide bonds. The van der Waals surface area contributed by atoms with Crippen molar-refractivity contribution in [2.45, 2.75) is 0 Å². The normalized spacial score (nSPS) is 9.71. The van der Waals surface area contributed by atoms with Crippen LogP contribution >= 0.6 is 31.9 Å². The first-order valence-electron chi connectivity index (χ1n) is 3.94. The summed E-state index contributed by atoms with van der Waals surface area (Å²) < 4.78 is 1.70. The van der Waals surface area contributed by atoms with Crippen molar-refractivity contribution >= 4 is 43.6 Å². The number of rotatable bonds is 1. The summed E-state index contributed by atoms with van der Waals surface area (Å²) in [4.78, 5) is 12.9. The number of urea groups is 1. The fourth-order valence-corrected chi connectivity index (χ4v) is 2.03. The summed E-state index contributed by atoms with van der Waals surface area (Å²) in [6.07, 6.45) is 0. The van der Waals surface area contributed by atoms with Crippen LogP contribution in [0.2, 0.25) is 0 Å². The standard InChI is InChI=1S/C9H10Br2N2O/c1-13(2)9(14)12-8-6(10)4-3-5-7(8)11/h3-5H,1-2H3,(H,12,14). The average molecular weight is 322 g/mol. The maximum absolute atomic E-state index is 11.4. The Hall–Kier alpha value is -0.550. The van der Waals surface area contributed by atoms with Crippen LogP contribution in [0.15, 0.2) is 27.1 Å². The molecule has 0 saturated heterocycles. The fourth-order valence-electron chi connectivity index (χ4n) is 0.836. The summed E-state index contributed by atoms with van der Waals surface area (Å²) in [7, 11) is 3.39. The van der Waals surface area contributed by atoms with E-state index in [2.05, 4.69) is 37.2 Å². The van der Waals surface area contributed by atoms with Crippen molar-refractivity contribution in [3.8, 4) is 0 Å². The zero-order chi connectivity index (χ0) is 10.7. The van der Waals surface area contributed by atoms with E-state index in [0.717, 1.165) is 14.6 Å². The van der Waals surface area contributed by atoms with E-state index < -0.39 is 0 Å². The highest BCUT2D eigenvalue weighted by molar-refractivity contribution is 9.11. The number of hydrogen-bond donors (Lipinski definition) is 1. The van der Waals surface area contributed by atoms with Gasteiger partial charge in [-0.1, -0.05) is 6.07 Å². The summed E-state index contributed by atoms with van der Waals surface area (Å²) in [5, 5.41) is 2.77. The van der Waals surface area contributed by atoms with Crippen LogP contribution in [0.1, 0.15) is 0 Å². The van der Waals surface area contributed by atoms with Crippen molar-refractivity contribution in [1.82, 2.24) is 4.90 Å². The SMILES string of the molecule is CN(C)C(=O)Nc1c(Br)cccc1Br. The van der Waals surface area contributed by atoms with Crippen LogP contribution in [-0.4, -0.2) is 25.0 Å². The van der Waals surface area contributed by atoms with Crippen LogP contribution in [0.4, 0.5) is 10.5 Å². The molecule has 3 nitrogen and oxygen atoms in total. The number of anilines is 1. The summed E-state index contributed by atoms with van der Waals surface area (Å²) in [5.41, 5.74) is 0.742. The summed E-state index contributed by atoms with van der Waals surface area (Å²) in [5.74, 6) is 0. The van der Waals surface area contributed by atoms with Gasteiger partial charge in [0.1, 0.15) is 0 Å². The molecule has 0 unspecified atom stereocenters. The molecular formula is C9H10Br2N2O. The first-order valence-corrected chi connectivity index (χ1v) is 5.53. The Labute approximate surface area is 99.7 Å². The van der Waals surface area contributed by atoms with Crippen molar-refractivity contribution in [3.05, 3.63) is 27.1 Å². The largest absolute Gasteiger partial charge is 0.331 e. The Balaban J connectivity index is 2.91. The lowest BCUT2D eigenvalue weighted by atomic mass is 10.3. The lowest BCUT2D eigenvalue weighted by molar-refractivity contribution is 0.230. The van der Waals surface area contributed by atoms with Crippen molar-refractivity contribution in [3.63, 3.8) is 0 Å². The van der Waals surface area contributed by atoms with Gasteiger partial charge in [0.2, 0.25) is 0 Å². The monoisotopic (exact) mass is 320 g/mol. The lowest BCUT2D eigenvalue weighted by Gasteiger charge is -2.14. The highest BCUT2D eigenvalue weighted by Gasteiger charge is 2.09. The molecule has 76 valence electrons. The molecule has 5 heteroatoms. The first-order chi connectivity index (χ1) is 6.52. The number of para-hydroxylation sites is 1. The predicted octanol–water partition coefficient (Wildman–Crippen LogP) is 3.31. The molecule has 1 aromatic rings. The molecule has 0 aliphatic carbocycles. The third kappa shape index (κ3) is 2.72. The van der Waals surface area contributed by atoms with Crippen LogP contribution < -0.4 is 5.32 Å². The zero-order valence-electron chi connectivity index (χ0n) is 7.84. The second-order valence-corrected chi connectivity index (χ2v) is 4.63. The van der Waals surface area contributed by atoms with E-state index in [1.165, 1.54) is 4.90 Å². The van der Waals surface area contributed by atoms with E-state index in [1.807, 2.05) is 18.2 Å². The minimum Gasteiger partial charge on any atom is -0.331 e. The maximum atomic E-state index is 11.4. The zero-order valence-corrected chi connectivity index (χ0v) is 11.0. The van der Waals surface area contributed by atoms with Crippen LogP contribution in [0.3, 0.4) is 0 Å². The van der Waals surface area contributed by atoms with Gasteiger partial charge >= 0.3 is 6.03 Å². The van der Waals surface area contributed by atoms with Crippen LogP contribution in [0.25, 0.3) is 0 Å². The molecule has 0 radical (unpaired) electrons. The third-order valence-electron chi connectivity index (χ3n) is 1.60. The van der Waals surface area contributed by atoms with E-state index in [-0.39, 0.29) is 6.03 Å². The first kappa shape index (κ1) is 11.5.